The second-order valence-electron chi connectivity index (χ2n) is 6.37. The van der Waals surface area contributed by atoms with Crippen molar-refractivity contribution in [3.8, 4) is 0 Å². The van der Waals surface area contributed by atoms with Crippen LogP contribution in [0.1, 0.15) is 43.0 Å². The molecule has 3 heteroatoms. The summed E-state index contributed by atoms with van der Waals surface area (Å²) in [5.41, 5.74) is 7.93. The van der Waals surface area contributed by atoms with Gasteiger partial charge >= 0.3 is 0 Å². The monoisotopic (exact) mass is 278 g/mol. The maximum atomic E-state index is 6.36. The molecule has 3 rings (SSSR count). The van der Waals surface area contributed by atoms with Gasteiger partial charge in [0.05, 0.1) is 0 Å². The van der Waals surface area contributed by atoms with E-state index in [1.165, 1.54) is 45.2 Å². The van der Waals surface area contributed by atoms with Crippen molar-refractivity contribution in [3.05, 3.63) is 21.9 Å². The van der Waals surface area contributed by atoms with Crippen molar-refractivity contribution in [2.75, 3.05) is 13.1 Å². The minimum atomic E-state index is 0.437. The molecule has 1 aromatic heterocycles. The van der Waals surface area contributed by atoms with Crippen LogP contribution < -0.4 is 5.73 Å². The summed E-state index contributed by atoms with van der Waals surface area (Å²) in [6.07, 6.45) is 6.51. The molecule has 0 saturated heterocycles. The molecule has 0 radical (unpaired) electrons. The van der Waals surface area contributed by atoms with Gasteiger partial charge in [0.2, 0.25) is 0 Å². The van der Waals surface area contributed by atoms with E-state index in [9.17, 15) is 0 Å². The zero-order valence-corrected chi connectivity index (χ0v) is 12.8. The number of hydrogen-bond acceptors (Lipinski definition) is 3. The van der Waals surface area contributed by atoms with Gasteiger partial charge in [0.1, 0.15) is 0 Å². The third kappa shape index (κ3) is 3.04. The van der Waals surface area contributed by atoms with Crippen LogP contribution in [-0.4, -0.2) is 24.0 Å². The molecule has 0 bridgehead atoms. The van der Waals surface area contributed by atoms with Crippen LogP contribution in [0, 0.1) is 11.8 Å². The minimum Gasteiger partial charge on any atom is -0.327 e. The Hall–Kier alpha value is -0.380. The first-order valence-corrected chi connectivity index (χ1v) is 8.67. The Bertz CT molecular complexity index is 415. The van der Waals surface area contributed by atoms with Gasteiger partial charge in [-0.05, 0) is 54.5 Å². The van der Waals surface area contributed by atoms with Gasteiger partial charge < -0.3 is 5.73 Å². The Morgan fingerprint density at radius 3 is 3.16 bits per heavy atom. The van der Waals surface area contributed by atoms with Crippen molar-refractivity contribution >= 4 is 11.3 Å². The maximum absolute atomic E-state index is 6.36. The Balaban J connectivity index is 1.59. The standard InChI is InChI=1S/C16H26N2S/c1-2-12-3-4-15(17)14(9-12)11-18-7-5-16-13(10-18)6-8-19-16/h6,8,12,14-15H,2-5,7,9-11,17H2,1H3. The van der Waals surface area contributed by atoms with Gasteiger partial charge in [0, 0.05) is 30.6 Å². The highest BCUT2D eigenvalue weighted by atomic mass is 32.1. The fourth-order valence-corrected chi connectivity index (χ4v) is 4.65. The van der Waals surface area contributed by atoms with Gasteiger partial charge in [-0.3, -0.25) is 4.90 Å². The summed E-state index contributed by atoms with van der Waals surface area (Å²) in [5.74, 6) is 1.64. The third-order valence-corrected chi connectivity index (χ3v) is 6.13. The molecule has 2 N–H and O–H groups in total. The van der Waals surface area contributed by atoms with E-state index in [0.29, 0.717) is 6.04 Å². The smallest absolute Gasteiger partial charge is 0.0245 e. The number of nitrogens with zero attached hydrogens (tertiary/aromatic N) is 1. The lowest BCUT2D eigenvalue weighted by Gasteiger charge is -2.38. The van der Waals surface area contributed by atoms with Gasteiger partial charge in [-0.25, -0.2) is 0 Å². The van der Waals surface area contributed by atoms with Crippen molar-refractivity contribution in [1.82, 2.24) is 4.90 Å². The molecule has 0 spiro atoms. The molecule has 1 aliphatic heterocycles. The molecule has 1 aromatic rings. The fourth-order valence-electron chi connectivity index (χ4n) is 3.76. The zero-order valence-electron chi connectivity index (χ0n) is 12.0. The van der Waals surface area contributed by atoms with E-state index in [2.05, 4.69) is 23.3 Å². The molecular formula is C16H26N2S. The van der Waals surface area contributed by atoms with Gasteiger partial charge in [-0.1, -0.05) is 13.3 Å². The number of rotatable bonds is 3. The highest BCUT2D eigenvalue weighted by Crippen LogP contribution is 2.32. The van der Waals surface area contributed by atoms with Crippen LogP contribution in [0.3, 0.4) is 0 Å². The first-order chi connectivity index (χ1) is 9.26. The maximum Gasteiger partial charge on any atom is 0.0245 e. The molecule has 2 heterocycles. The number of fused-ring (bicyclic) bond motifs is 1. The van der Waals surface area contributed by atoms with Gasteiger partial charge in [0.15, 0.2) is 0 Å². The second kappa shape index (κ2) is 5.94. The molecule has 2 nitrogen and oxygen atoms in total. The van der Waals surface area contributed by atoms with Crippen LogP contribution in [0.25, 0.3) is 0 Å². The third-order valence-electron chi connectivity index (χ3n) is 5.11. The fraction of sp³-hybridized carbons (Fsp3) is 0.750. The van der Waals surface area contributed by atoms with Crippen molar-refractivity contribution in [1.29, 1.82) is 0 Å². The SMILES string of the molecule is CCC1CCC(N)C(CN2CCc3sccc3C2)C1. The summed E-state index contributed by atoms with van der Waals surface area (Å²) < 4.78 is 0. The van der Waals surface area contributed by atoms with E-state index in [-0.39, 0.29) is 0 Å². The molecule has 19 heavy (non-hydrogen) atoms. The topological polar surface area (TPSA) is 29.3 Å². The summed E-state index contributed by atoms with van der Waals surface area (Å²) >= 11 is 1.93. The molecule has 2 aliphatic rings. The minimum absolute atomic E-state index is 0.437. The van der Waals surface area contributed by atoms with Crippen LogP contribution >= 0.6 is 11.3 Å². The van der Waals surface area contributed by atoms with Crippen LogP contribution in [0.15, 0.2) is 11.4 Å². The van der Waals surface area contributed by atoms with Gasteiger partial charge in [-0.15, -0.1) is 11.3 Å². The molecule has 1 saturated carbocycles. The summed E-state index contributed by atoms with van der Waals surface area (Å²) in [6.45, 7) is 5.93. The molecule has 1 fully saturated rings. The molecule has 0 amide bonds. The average Bonchev–Trinajstić information content (AvgIpc) is 2.89. The summed E-state index contributed by atoms with van der Waals surface area (Å²) in [6, 6.07) is 2.74. The second-order valence-corrected chi connectivity index (χ2v) is 7.37. The van der Waals surface area contributed by atoms with Crippen LogP contribution in [0.5, 0.6) is 0 Å². The highest BCUT2D eigenvalue weighted by molar-refractivity contribution is 7.10. The van der Waals surface area contributed by atoms with Crippen molar-refractivity contribution in [3.63, 3.8) is 0 Å². The van der Waals surface area contributed by atoms with Crippen molar-refractivity contribution in [2.45, 2.75) is 51.6 Å². The van der Waals surface area contributed by atoms with Gasteiger partial charge in [-0.2, -0.15) is 0 Å². The van der Waals surface area contributed by atoms with Gasteiger partial charge in [0.25, 0.3) is 0 Å². The molecular weight excluding hydrogens is 252 g/mol. The molecule has 0 aromatic carbocycles. The Labute approximate surface area is 121 Å². The number of nitrogens with two attached hydrogens (primary N) is 1. The lowest BCUT2D eigenvalue weighted by atomic mass is 9.77. The zero-order chi connectivity index (χ0) is 13.2. The Kier molecular flexibility index (Phi) is 4.25. The summed E-state index contributed by atoms with van der Waals surface area (Å²) in [7, 11) is 0. The van der Waals surface area contributed by atoms with E-state index in [1.54, 1.807) is 10.4 Å². The summed E-state index contributed by atoms with van der Waals surface area (Å²) in [5, 5.41) is 2.24. The first kappa shape index (κ1) is 13.6. The lowest BCUT2D eigenvalue weighted by Crippen LogP contribution is -2.44. The number of hydrogen-bond donors (Lipinski definition) is 1. The van der Waals surface area contributed by atoms with E-state index < -0.39 is 0 Å². The molecule has 1 aliphatic carbocycles. The molecule has 3 unspecified atom stereocenters. The Morgan fingerprint density at radius 1 is 1.42 bits per heavy atom. The largest absolute Gasteiger partial charge is 0.327 e. The van der Waals surface area contributed by atoms with E-state index in [0.717, 1.165) is 18.4 Å². The Morgan fingerprint density at radius 2 is 2.32 bits per heavy atom. The average molecular weight is 278 g/mol. The normalized spacial score (nSPS) is 32.2. The summed E-state index contributed by atoms with van der Waals surface area (Å²) in [4.78, 5) is 4.24. The first-order valence-electron chi connectivity index (χ1n) is 7.79. The van der Waals surface area contributed by atoms with Crippen LogP contribution in [0.2, 0.25) is 0 Å². The van der Waals surface area contributed by atoms with E-state index in [1.807, 2.05) is 11.3 Å². The predicted octanol–water partition coefficient (Wildman–Crippen LogP) is 3.26. The van der Waals surface area contributed by atoms with E-state index >= 15 is 0 Å². The van der Waals surface area contributed by atoms with Crippen molar-refractivity contribution in [2.24, 2.45) is 17.6 Å². The number of thiophene rings is 1. The van der Waals surface area contributed by atoms with Crippen LogP contribution in [0.4, 0.5) is 0 Å². The van der Waals surface area contributed by atoms with E-state index in [4.69, 9.17) is 5.73 Å². The predicted molar refractivity (Wildman–Crippen MR) is 82.4 cm³/mol. The quantitative estimate of drug-likeness (QED) is 0.919. The highest BCUT2D eigenvalue weighted by Gasteiger charge is 2.29. The van der Waals surface area contributed by atoms with Crippen LogP contribution in [-0.2, 0) is 13.0 Å². The van der Waals surface area contributed by atoms with Crippen molar-refractivity contribution < 1.29 is 0 Å². The molecule has 106 valence electrons. The lowest BCUT2D eigenvalue weighted by molar-refractivity contribution is 0.146. The molecule has 3 atom stereocenters.